The van der Waals surface area contributed by atoms with Gasteiger partial charge < -0.3 is 19.7 Å². The highest BCUT2D eigenvalue weighted by molar-refractivity contribution is 6.07. The average Bonchev–Trinajstić information content (AvgIpc) is 3.22. The molecular formula is C24H24F2N6O3. The van der Waals surface area contributed by atoms with E-state index < -0.39 is 17.5 Å². The van der Waals surface area contributed by atoms with Gasteiger partial charge in [-0.25, -0.2) is 18.4 Å². The number of halogens is 2. The van der Waals surface area contributed by atoms with Crippen LogP contribution in [0.3, 0.4) is 0 Å². The fraction of sp³-hybridized carbons (Fsp3) is 0.333. The fourth-order valence-corrected chi connectivity index (χ4v) is 3.88. The van der Waals surface area contributed by atoms with Crippen LogP contribution in [0, 0.1) is 23.0 Å². The second-order valence-electron chi connectivity index (χ2n) is 7.96. The van der Waals surface area contributed by atoms with Crippen molar-refractivity contribution >= 4 is 17.4 Å². The molecule has 0 spiro atoms. The predicted molar refractivity (Wildman–Crippen MR) is 124 cm³/mol. The van der Waals surface area contributed by atoms with Crippen LogP contribution in [0.1, 0.15) is 35.7 Å². The third-order valence-corrected chi connectivity index (χ3v) is 5.58. The largest absolute Gasteiger partial charge is 0.487 e. The van der Waals surface area contributed by atoms with E-state index in [1.54, 1.807) is 13.1 Å². The topological polar surface area (TPSA) is 105 Å². The normalized spacial score (nSPS) is 13.9. The number of anilines is 2. The van der Waals surface area contributed by atoms with Gasteiger partial charge in [0.05, 0.1) is 24.1 Å². The van der Waals surface area contributed by atoms with Crippen molar-refractivity contribution in [3.05, 3.63) is 59.4 Å². The first kappa shape index (κ1) is 23.9. The molecule has 0 radical (unpaired) electrons. The third-order valence-electron chi connectivity index (χ3n) is 5.58. The van der Waals surface area contributed by atoms with Crippen LogP contribution < -0.4 is 19.7 Å². The first-order valence-corrected chi connectivity index (χ1v) is 11.1. The zero-order valence-corrected chi connectivity index (χ0v) is 19.3. The molecule has 3 heterocycles. The molecule has 1 aromatic carbocycles. The molecule has 0 saturated carbocycles. The maximum Gasteiger partial charge on any atom is 0.262 e. The Kier molecular flexibility index (Phi) is 7.10. The van der Waals surface area contributed by atoms with Crippen LogP contribution in [0.15, 0.2) is 36.7 Å². The number of carbonyl (C=O) groups is 1. The second-order valence-corrected chi connectivity index (χ2v) is 7.96. The Hall–Kier alpha value is -4.20. The number of benzene rings is 1. The molecule has 0 unspecified atom stereocenters. The van der Waals surface area contributed by atoms with Crippen molar-refractivity contribution < 1.29 is 23.0 Å². The maximum atomic E-state index is 13.9. The number of aromatic nitrogens is 3. The summed E-state index contributed by atoms with van der Waals surface area (Å²) in [6.45, 7) is 3.22. The van der Waals surface area contributed by atoms with Gasteiger partial charge in [0.1, 0.15) is 23.6 Å². The standard InChI is InChI=1S/C24H24F2N6O3/c1-3-34-24-18(14-29-31(24)2)23(33)30-20-10-15(12-27)13-28-22(20)32-8-6-17(7-9-32)35-21-5-4-16(25)11-19(21)26/h4-5,10-11,13-14,17H,3,6-9H2,1-2H3,(H,30,33). The van der Waals surface area contributed by atoms with Gasteiger partial charge in [-0.1, -0.05) is 0 Å². The van der Waals surface area contributed by atoms with Crippen molar-refractivity contribution in [2.24, 2.45) is 7.05 Å². The Balaban J connectivity index is 1.49. The van der Waals surface area contributed by atoms with E-state index in [-0.39, 0.29) is 17.4 Å². The first-order valence-electron chi connectivity index (χ1n) is 11.1. The van der Waals surface area contributed by atoms with Gasteiger partial charge in [-0.05, 0) is 25.1 Å². The van der Waals surface area contributed by atoms with Crippen molar-refractivity contribution in [2.75, 3.05) is 29.9 Å². The van der Waals surface area contributed by atoms with Crippen LogP contribution in [0.5, 0.6) is 11.6 Å². The van der Waals surface area contributed by atoms with E-state index in [0.717, 1.165) is 12.1 Å². The molecule has 1 N–H and O–H groups in total. The summed E-state index contributed by atoms with van der Waals surface area (Å²) in [6, 6.07) is 6.82. The molecule has 1 aliphatic heterocycles. The molecule has 3 aromatic rings. The molecule has 9 nitrogen and oxygen atoms in total. The summed E-state index contributed by atoms with van der Waals surface area (Å²) in [5.41, 5.74) is 0.936. The van der Waals surface area contributed by atoms with Gasteiger partial charge in [-0.2, -0.15) is 10.4 Å². The SMILES string of the molecule is CCOc1c(C(=O)Nc2cc(C#N)cnc2N2CCC(Oc3ccc(F)cc3F)CC2)cnn1C. The van der Waals surface area contributed by atoms with E-state index in [2.05, 4.69) is 15.4 Å². The number of carbonyl (C=O) groups excluding carboxylic acids is 1. The van der Waals surface area contributed by atoms with E-state index in [1.165, 1.54) is 23.1 Å². The molecule has 1 fully saturated rings. The van der Waals surface area contributed by atoms with Gasteiger partial charge in [0.25, 0.3) is 5.91 Å². The van der Waals surface area contributed by atoms with Crippen LogP contribution in [0.4, 0.5) is 20.3 Å². The Morgan fingerprint density at radius 3 is 2.71 bits per heavy atom. The second kappa shape index (κ2) is 10.4. The molecule has 4 rings (SSSR count). The lowest BCUT2D eigenvalue weighted by Crippen LogP contribution is -2.39. The molecule has 182 valence electrons. The van der Waals surface area contributed by atoms with Gasteiger partial charge in [-0.15, -0.1) is 0 Å². The highest BCUT2D eigenvalue weighted by Gasteiger charge is 2.26. The average molecular weight is 482 g/mol. The van der Waals surface area contributed by atoms with Crippen molar-refractivity contribution in [1.29, 1.82) is 5.26 Å². The van der Waals surface area contributed by atoms with Gasteiger partial charge >= 0.3 is 0 Å². The molecule has 2 aromatic heterocycles. The summed E-state index contributed by atoms with van der Waals surface area (Å²) in [6.07, 6.45) is 3.72. The highest BCUT2D eigenvalue weighted by Crippen LogP contribution is 2.30. The predicted octanol–water partition coefficient (Wildman–Crippen LogP) is 3.66. The Morgan fingerprint density at radius 2 is 2.03 bits per heavy atom. The molecule has 1 aliphatic rings. The van der Waals surface area contributed by atoms with Crippen molar-refractivity contribution in [1.82, 2.24) is 14.8 Å². The minimum atomic E-state index is -0.743. The van der Waals surface area contributed by atoms with Gasteiger partial charge in [0.2, 0.25) is 5.88 Å². The number of nitriles is 1. The monoisotopic (exact) mass is 482 g/mol. The fourth-order valence-electron chi connectivity index (χ4n) is 3.88. The molecular weight excluding hydrogens is 458 g/mol. The number of rotatable bonds is 7. The summed E-state index contributed by atoms with van der Waals surface area (Å²) >= 11 is 0. The number of nitrogens with zero attached hydrogens (tertiary/aromatic N) is 5. The smallest absolute Gasteiger partial charge is 0.262 e. The molecule has 1 amide bonds. The minimum Gasteiger partial charge on any atom is -0.487 e. The quantitative estimate of drug-likeness (QED) is 0.548. The summed E-state index contributed by atoms with van der Waals surface area (Å²) in [5.74, 6) is -0.994. The summed E-state index contributed by atoms with van der Waals surface area (Å²) < 4.78 is 39.8. The van der Waals surface area contributed by atoms with Crippen molar-refractivity contribution in [3.63, 3.8) is 0 Å². The number of ether oxygens (including phenoxy) is 2. The van der Waals surface area contributed by atoms with Crippen LogP contribution >= 0.6 is 0 Å². The number of hydrogen-bond donors (Lipinski definition) is 1. The number of amides is 1. The molecule has 1 saturated heterocycles. The summed E-state index contributed by atoms with van der Waals surface area (Å²) in [4.78, 5) is 19.4. The lowest BCUT2D eigenvalue weighted by atomic mass is 10.1. The van der Waals surface area contributed by atoms with E-state index in [4.69, 9.17) is 9.47 Å². The third kappa shape index (κ3) is 5.32. The van der Waals surface area contributed by atoms with Crippen LogP contribution in [-0.4, -0.2) is 46.5 Å². The van der Waals surface area contributed by atoms with E-state index in [9.17, 15) is 18.8 Å². The van der Waals surface area contributed by atoms with Crippen molar-refractivity contribution in [2.45, 2.75) is 25.9 Å². The van der Waals surface area contributed by atoms with Gasteiger partial charge in [-0.3, -0.25) is 4.79 Å². The Bertz CT molecular complexity index is 1260. The maximum absolute atomic E-state index is 13.9. The number of piperidine rings is 1. The number of nitrogens with one attached hydrogen (secondary N) is 1. The van der Waals surface area contributed by atoms with Gasteiger partial charge in [0.15, 0.2) is 17.4 Å². The molecule has 0 bridgehead atoms. The van der Waals surface area contributed by atoms with Crippen LogP contribution in [-0.2, 0) is 7.05 Å². The lowest BCUT2D eigenvalue weighted by molar-refractivity contribution is 0.102. The number of pyridine rings is 1. The van der Waals surface area contributed by atoms with E-state index >= 15 is 0 Å². The molecule has 35 heavy (non-hydrogen) atoms. The van der Waals surface area contributed by atoms with E-state index in [1.807, 2.05) is 17.9 Å². The molecule has 0 aliphatic carbocycles. The highest BCUT2D eigenvalue weighted by atomic mass is 19.1. The first-order chi connectivity index (χ1) is 16.9. The Morgan fingerprint density at radius 1 is 1.26 bits per heavy atom. The zero-order valence-electron chi connectivity index (χ0n) is 19.3. The summed E-state index contributed by atoms with van der Waals surface area (Å²) in [7, 11) is 1.68. The Labute approximate surface area is 200 Å². The molecule has 0 atom stereocenters. The van der Waals surface area contributed by atoms with Gasteiger partial charge in [0, 0.05) is 45.2 Å². The van der Waals surface area contributed by atoms with Crippen LogP contribution in [0.25, 0.3) is 0 Å². The molecule has 11 heteroatoms. The van der Waals surface area contributed by atoms with Crippen LogP contribution in [0.2, 0.25) is 0 Å². The van der Waals surface area contributed by atoms with Crippen molar-refractivity contribution in [3.8, 4) is 17.7 Å². The number of hydrogen-bond acceptors (Lipinski definition) is 7. The summed E-state index contributed by atoms with van der Waals surface area (Å²) in [5, 5.41) is 16.2. The number of aryl methyl sites for hydroxylation is 1. The lowest BCUT2D eigenvalue weighted by Gasteiger charge is -2.34. The zero-order chi connectivity index (χ0) is 24.9. The minimum absolute atomic E-state index is 0.0101. The van der Waals surface area contributed by atoms with E-state index in [0.29, 0.717) is 55.5 Å².